The Labute approximate surface area is 119 Å². The number of carbonyl (C=O) groups excluding carboxylic acids is 1. The van der Waals surface area contributed by atoms with Gasteiger partial charge in [0.2, 0.25) is 5.91 Å². The van der Waals surface area contributed by atoms with E-state index in [1.54, 1.807) is 12.0 Å². The van der Waals surface area contributed by atoms with Crippen LogP contribution >= 0.6 is 0 Å². The van der Waals surface area contributed by atoms with E-state index in [-0.39, 0.29) is 12.0 Å². The zero-order valence-corrected chi connectivity index (χ0v) is 12.0. The van der Waals surface area contributed by atoms with Gasteiger partial charge in [-0.2, -0.15) is 0 Å². The summed E-state index contributed by atoms with van der Waals surface area (Å²) in [6.45, 7) is 2.57. The predicted molar refractivity (Wildman–Crippen MR) is 71.3 cm³/mol. The van der Waals surface area contributed by atoms with Crippen LogP contribution in [0.2, 0.25) is 0 Å². The molecule has 0 unspecified atom stereocenters. The van der Waals surface area contributed by atoms with Gasteiger partial charge in [0.25, 0.3) is 0 Å². The minimum Gasteiger partial charge on any atom is -0.480 e. The molecule has 1 aliphatic carbocycles. The van der Waals surface area contributed by atoms with Crippen molar-refractivity contribution < 1.29 is 24.2 Å². The number of nitrogens with zero attached hydrogens (tertiary/aromatic N) is 1. The summed E-state index contributed by atoms with van der Waals surface area (Å²) in [7, 11) is 1.67. The van der Waals surface area contributed by atoms with E-state index >= 15 is 0 Å². The van der Waals surface area contributed by atoms with Crippen LogP contribution in [0.25, 0.3) is 0 Å². The SMILES string of the molecule is COCCCOC1CCN(C(=O)C2(C(=O)O)CC2)CC1. The Kier molecular flexibility index (Phi) is 4.99. The first-order valence-electron chi connectivity index (χ1n) is 7.23. The van der Waals surface area contributed by atoms with E-state index in [9.17, 15) is 9.59 Å². The summed E-state index contributed by atoms with van der Waals surface area (Å²) >= 11 is 0. The first-order valence-corrected chi connectivity index (χ1v) is 7.23. The number of aliphatic carboxylic acids is 1. The highest BCUT2D eigenvalue weighted by atomic mass is 16.5. The molecular weight excluding hydrogens is 262 g/mol. The van der Waals surface area contributed by atoms with Crippen LogP contribution in [0.1, 0.15) is 32.1 Å². The fourth-order valence-corrected chi connectivity index (χ4v) is 2.63. The topological polar surface area (TPSA) is 76.1 Å². The van der Waals surface area contributed by atoms with Crippen LogP contribution in [0.4, 0.5) is 0 Å². The number of carbonyl (C=O) groups is 2. The molecule has 20 heavy (non-hydrogen) atoms. The fourth-order valence-electron chi connectivity index (χ4n) is 2.63. The molecule has 1 aliphatic heterocycles. The molecule has 0 atom stereocenters. The number of amides is 1. The summed E-state index contributed by atoms with van der Waals surface area (Å²) in [6.07, 6.45) is 3.58. The van der Waals surface area contributed by atoms with Crippen molar-refractivity contribution in [3.05, 3.63) is 0 Å². The lowest BCUT2D eigenvalue weighted by Gasteiger charge is -2.33. The molecule has 6 heteroatoms. The normalized spacial score (nSPS) is 21.8. The van der Waals surface area contributed by atoms with Crippen LogP contribution in [0, 0.1) is 5.41 Å². The minimum absolute atomic E-state index is 0.177. The van der Waals surface area contributed by atoms with Gasteiger partial charge in [-0.3, -0.25) is 9.59 Å². The monoisotopic (exact) mass is 285 g/mol. The first-order chi connectivity index (χ1) is 9.60. The quantitative estimate of drug-likeness (QED) is 0.555. The standard InChI is InChI=1S/C14H23NO5/c1-19-9-2-10-20-11-3-7-15(8-4-11)12(16)14(5-6-14)13(17)18/h11H,2-10H2,1H3,(H,17,18). The summed E-state index contributed by atoms with van der Waals surface area (Å²) in [4.78, 5) is 25.1. The van der Waals surface area contributed by atoms with Gasteiger partial charge < -0.3 is 19.5 Å². The second-order valence-corrected chi connectivity index (χ2v) is 5.60. The molecule has 1 saturated heterocycles. The molecule has 0 aromatic heterocycles. The second kappa shape index (κ2) is 6.54. The largest absolute Gasteiger partial charge is 0.480 e. The highest BCUT2D eigenvalue weighted by molar-refractivity contribution is 6.04. The Morgan fingerprint density at radius 1 is 1.25 bits per heavy atom. The van der Waals surface area contributed by atoms with Gasteiger partial charge >= 0.3 is 5.97 Å². The summed E-state index contributed by atoms with van der Waals surface area (Å²) in [5.41, 5.74) is -1.11. The average Bonchev–Trinajstić information content (AvgIpc) is 3.25. The molecule has 2 fully saturated rings. The van der Waals surface area contributed by atoms with Gasteiger partial charge in [-0.25, -0.2) is 0 Å². The lowest BCUT2D eigenvalue weighted by Crippen LogP contribution is -2.46. The van der Waals surface area contributed by atoms with Crippen molar-refractivity contribution in [2.75, 3.05) is 33.4 Å². The molecule has 114 valence electrons. The molecule has 0 aromatic carbocycles. The minimum atomic E-state index is -1.11. The Hall–Kier alpha value is -1.14. The molecule has 0 spiro atoms. The number of carboxylic acids is 1. The van der Waals surface area contributed by atoms with Gasteiger partial charge in [-0.05, 0) is 32.1 Å². The van der Waals surface area contributed by atoms with Crippen molar-refractivity contribution in [2.45, 2.75) is 38.2 Å². The van der Waals surface area contributed by atoms with Crippen LogP contribution in [0.15, 0.2) is 0 Å². The summed E-state index contributed by atoms with van der Waals surface area (Å²) in [5.74, 6) is -1.18. The van der Waals surface area contributed by atoms with Crippen molar-refractivity contribution in [3.8, 4) is 0 Å². The number of rotatable bonds is 7. The van der Waals surface area contributed by atoms with Gasteiger partial charge in [0, 0.05) is 33.4 Å². The van der Waals surface area contributed by atoms with Gasteiger partial charge in [0.15, 0.2) is 0 Å². The maximum absolute atomic E-state index is 12.2. The summed E-state index contributed by atoms with van der Waals surface area (Å²) in [5, 5.41) is 9.14. The number of hydrogen-bond acceptors (Lipinski definition) is 4. The summed E-state index contributed by atoms with van der Waals surface area (Å²) < 4.78 is 10.7. The van der Waals surface area contributed by atoms with E-state index in [4.69, 9.17) is 14.6 Å². The molecule has 0 radical (unpaired) electrons. The molecule has 2 rings (SSSR count). The van der Waals surface area contributed by atoms with Crippen LogP contribution in [-0.2, 0) is 19.1 Å². The summed E-state index contributed by atoms with van der Waals surface area (Å²) in [6, 6.07) is 0. The highest BCUT2D eigenvalue weighted by Gasteiger charge is 2.58. The molecule has 1 amide bonds. The fraction of sp³-hybridized carbons (Fsp3) is 0.857. The molecule has 1 saturated carbocycles. The average molecular weight is 285 g/mol. The van der Waals surface area contributed by atoms with E-state index < -0.39 is 11.4 Å². The predicted octanol–water partition coefficient (Wildman–Crippen LogP) is 0.895. The van der Waals surface area contributed by atoms with Gasteiger partial charge in [0.05, 0.1) is 6.10 Å². The lowest BCUT2D eigenvalue weighted by molar-refractivity contribution is -0.154. The molecule has 0 aromatic rings. The molecular formula is C14H23NO5. The smallest absolute Gasteiger partial charge is 0.319 e. The zero-order chi connectivity index (χ0) is 14.6. The van der Waals surface area contributed by atoms with Gasteiger partial charge in [-0.15, -0.1) is 0 Å². The van der Waals surface area contributed by atoms with Crippen molar-refractivity contribution in [1.82, 2.24) is 4.90 Å². The third-order valence-corrected chi connectivity index (χ3v) is 4.14. The number of likely N-dealkylation sites (tertiary alicyclic amines) is 1. The highest BCUT2D eigenvalue weighted by Crippen LogP contribution is 2.47. The maximum atomic E-state index is 12.2. The first kappa shape index (κ1) is 15.3. The van der Waals surface area contributed by atoms with Crippen molar-refractivity contribution in [1.29, 1.82) is 0 Å². The van der Waals surface area contributed by atoms with Crippen molar-refractivity contribution >= 4 is 11.9 Å². The number of ether oxygens (including phenoxy) is 2. The van der Waals surface area contributed by atoms with E-state index in [1.165, 1.54) is 0 Å². The third kappa shape index (κ3) is 3.30. The van der Waals surface area contributed by atoms with Crippen LogP contribution in [0.3, 0.4) is 0 Å². The number of piperidine rings is 1. The number of hydrogen-bond donors (Lipinski definition) is 1. The number of methoxy groups -OCH3 is 1. The third-order valence-electron chi connectivity index (χ3n) is 4.14. The Morgan fingerprint density at radius 3 is 2.40 bits per heavy atom. The van der Waals surface area contributed by atoms with Crippen molar-refractivity contribution in [3.63, 3.8) is 0 Å². The van der Waals surface area contributed by atoms with Crippen LogP contribution in [-0.4, -0.2) is 61.4 Å². The second-order valence-electron chi connectivity index (χ2n) is 5.60. The number of carboxylic acid groups (broad SMARTS) is 1. The van der Waals surface area contributed by atoms with Gasteiger partial charge in [-0.1, -0.05) is 0 Å². The Balaban J connectivity index is 1.72. The van der Waals surface area contributed by atoms with E-state index in [0.29, 0.717) is 39.1 Å². The van der Waals surface area contributed by atoms with Crippen LogP contribution < -0.4 is 0 Å². The maximum Gasteiger partial charge on any atom is 0.319 e. The van der Waals surface area contributed by atoms with E-state index in [0.717, 1.165) is 19.3 Å². The molecule has 2 aliphatic rings. The van der Waals surface area contributed by atoms with Gasteiger partial charge in [0.1, 0.15) is 5.41 Å². The van der Waals surface area contributed by atoms with E-state index in [2.05, 4.69) is 0 Å². The molecule has 1 N–H and O–H groups in total. The van der Waals surface area contributed by atoms with E-state index in [1.807, 2.05) is 0 Å². The molecule has 6 nitrogen and oxygen atoms in total. The van der Waals surface area contributed by atoms with Crippen molar-refractivity contribution in [2.24, 2.45) is 5.41 Å². The Bertz CT molecular complexity index is 359. The molecule has 0 bridgehead atoms. The van der Waals surface area contributed by atoms with Crippen LogP contribution in [0.5, 0.6) is 0 Å². The molecule has 1 heterocycles. The lowest BCUT2D eigenvalue weighted by atomic mass is 10.0. The zero-order valence-electron chi connectivity index (χ0n) is 12.0. The Morgan fingerprint density at radius 2 is 1.90 bits per heavy atom.